The molecular weight excluding hydrogens is 260 g/mol. The molecule has 2 aliphatic rings. The van der Waals surface area contributed by atoms with Crippen LogP contribution in [0.3, 0.4) is 0 Å². The van der Waals surface area contributed by atoms with Crippen LogP contribution in [0.5, 0.6) is 0 Å². The van der Waals surface area contributed by atoms with Gasteiger partial charge in [-0.3, -0.25) is 4.79 Å². The van der Waals surface area contributed by atoms with Gasteiger partial charge in [0.1, 0.15) is 0 Å². The fourth-order valence-electron chi connectivity index (χ4n) is 3.43. The highest BCUT2D eigenvalue weighted by molar-refractivity contribution is 6.31. The van der Waals surface area contributed by atoms with Crippen LogP contribution in [0.2, 0.25) is 5.02 Å². The Bertz CT molecular complexity index is 517. The number of carbonyl (C=O) groups excluding carboxylic acids is 1. The van der Waals surface area contributed by atoms with Crippen LogP contribution >= 0.6 is 11.6 Å². The molecule has 1 saturated carbocycles. The van der Waals surface area contributed by atoms with Crippen molar-refractivity contribution in [2.75, 3.05) is 13.1 Å². The number of fused-ring (bicyclic) bond motifs is 1. The Kier molecular flexibility index (Phi) is 3.27. The molecule has 3 nitrogen and oxygen atoms in total. The van der Waals surface area contributed by atoms with Gasteiger partial charge in [0.25, 0.3) is 5.91 Å². The zero-order valence-electron chi connectivity index (χ0n) is 11.1. The highest BCUT2D eigenvalue weighted by atomic mass is 35.5. The lowest BCUT2D eigenvalue weighted by Crippen LogP contribution is -2.33. The molecule has 2 fully saturated rings. The standard InChI is InChI=1S/C15H19ClN2O/c1-9-6-10(2-4-13(9)16)15(19)18-7-11-3-5-14(17)12(11)8-18/h2,4,6,11-12,14H,3,5,7-8,17H2,1H3. The van der Waals surface area contributed by atoms with E-state index in [2.05, 4.69) is 0 Å². The molecule has 102 valence electrons. The van der Waals surface area contributed by atoms with Crippen molar-refractivity contribution in [1.29, 1.82) is 0 Å². The van der Waals surface area contributed by atoms with Crippen LogP contribution in [-0.2, 0) is 0 Å². The molecule has 2 N–H and O–H groups in total. The summed E-state index contributed by atoms with van der Waals surface area (Å²) in [5.74, 6) is 1.21. The molecule has 0 spiro atoms. The Labute approximate surface area is 118 Å². The fourth-order valence-corrected chi connectivity index (χ4v) is 3.55. The first-order chi connectivity index (χ1) is 9.06. The minimum atomic E-state index is 0.112. The van der Waals surface area contributed by atoms with Crippen LogP contribution in [0.15, 0.2) is 18.2 Å². The Hall–Kier alpha value is -1.06. The fraction of sp³-hybridized carbons (Fsp3) is 0.533. The van der Waals surface area contributed by atoms with E-state index >= 15 is 0 Å². The first kappa shape index (κ1) is 12.9. The smallest absolute Gasteiger partial charge is 0.253 e. The van der Waals surface area contributed by atoms with Gasteiger partial charge in [-0.05, 0) is 55.4 Å². The van der Waals surface area contributed by atoms with Gasteiger partial charge in [-0.2, -0.15) is 0 Å². The van der Waals surface area contributed by atoms with Gasteiger partial charge >= 0.3 is 0 Å². The number of nitrogens with zero attached hydrogens (tertiary/aromatic N) is 1. The Morgan fingerprint density at radius 3 is 2.84 bits per heavy atom. The van der Waals surface area contributed by atoms with Crippen molar-refractivity contribution < 1.29 is 4.79 Å². The van der Waals surface area contributed by atoms with Crippen molar-refractivity contribution in [2.24, 2.45) is 17.6 Å². The largest absolute Gasteiger partial charge is 0.338 e. The molecule has 4 heteroatoms. The van der Waals surface area contributed by atoms with Gasteiger partial charge < -0.3 is 10.6 Å². The van der Waals surface area contributed by atoms with Crippen LogP contribution in [-0.4, -0.2) is 29.9 Å². The molecule has 3 rings (SSSR count). The van der Waals surface area contributed by atoms with E-state index in [1.165, 1.54) is 0 Å². The summed E-state index contributed by atoms with van der Waals surface area (Å²) in [6.45, 7) is 3.60. The number of carbonyl (C=O) groups is 1. The normalized spacial score (nSPS) is 29.6. The van der Waals surface area contributed by atoms with Gasteiger partial charge in [-0.25, -0.2) is 0 Å². The molecule has 3 unspecified atom stereocenters. The van der Waals surface area contributed by atoms with Crippen molar-refractivity contribution >= 4 is 17.5 Å². The summed E-state index contributed by atoms with van der Waals surface area (Å²) < 4.78 is 0. The number of aryl methyl sites for hydroxylation is 1. The van der Waals surface area contributed by atoms with Crippen LogP contribution in [0.25, 0.3) is 0 Å². The summed E-state index contributed by atoms with van der Waals surface area (Å²) in [6, 6.07) is 5.76. The Morgan fingerprint density at radius 2 is 2.16 bits per heavy atom. The molecule has 0 radical (unpaired) electrons. The molecular formula is C15H19ClN2O. The molecule has 1 saturated heterocycles. The number of hydrogen-bond donors (Lipinski definition) is 1. The second-order valence-corrected chi connectivity index (χ2v) is 6.25. The maximum atomic E-state index is 12.5. The van der Waals surface area contributed by atoms with Crippen LogP contribution < -0.4 is 5.73 Å². The third-order valence-corrected chi connectivity index (χ3v) is 5.03. The first-order valence-electron chi connectivity index (χ1n) is 6.87. The number of benzene rings is 1. The number of amides is 1. The first-order valence-corrected chi connectivity index (χ1v) is 7.25. The zero-order chi connectivity index (χ0) is 13.6. The summed E-state index contributed by atoms with van der Waals surface area (Å²) in [5.41, 5.74) is 7.79. The maximum absolute atomic E-state index is 12.5. The van der Waals surface area contributed by atoms with E-state index in [4.69, 9.17) is 17.3 Å². The highest BCUT2D eigenvalue weighted by Crippen LogP contribution is 2.37. The van der Waals surface area contributed by atoms with Crippen LogP contribution in [0.4, 0.5) is 0 Å². The lowest BCUT2D eigenvalue weighted by molar-refractivity contribution is 0.0779. The maximum Gasteiger partial charge on any atom is 0.253 e. The molecule has 0 aromatic heterocycles. The SMILES string of the molecule is Cc1cc(C(=O)N2CC3CCC(N)C3C2)ccc1Cl. The van der Waals surface area contributed by atoms with Crippen molar-refractivity contribution in [1.82, 2.24) is 4.90 Å². The van der Waals surface area contributed by atoms with Gasteiger partial charge in [-0.1, -0.05) is 11.6 Å². The quantitative estimate of drug-likeness (QED) is 0.858. The van der Waals surface area contributed by atoms with E-state index in [9.17, 15) is 4.79 Å². The summed E-state index contributed by atoms with van der Waals surface area (Å²) in [6.07, 6.45) is 2.27. The predicted molar refractivity (Wildman–Crippen MR) is 76.3 cm³/mol. The zero-order valence-corrected chi connectivity index (χ0v) is 11.9. The molecule has 19 heavy (non-hydrogen) atoms. The highest BCUT2D eigenvalue weighted by Gasteiger charge is 2.42. The number of halogens is 1. The predicted octanol–water partition coefficient (Wildman–Crippen LogP) is 2.46. The minimum Gasteiger partial charge on any atom is -0.338 e. The van der Waals surface area contributed by atoms with Crippen LogP contribution in [0.1, 0.15) is 28.8 Å². The number of rotatable bonds is 1. The molecule has 1 aliphatic heterocycles. The molecule has 3 atom stereocenters. The molecule has 1 aromatic rings. The molecule has 1 amide bonds. The van der Waals surface area contributed by atoms with Crippen molar-refractivity contribution in [3.63, 3.8) is 0 Å². The van der Waals surface area contributed by atoms with Gasteiger partial charge in [0.15, 0.2) is 0 Å². The van der Waals surface area contributed by atoms with Crippen LogP contribution in [0, 0.1) is 18.8 Å². The molecule has 0 bridgehead atoms. The lowest BCUT2D eigenvalue weighted by Gasteiger charge is -2.19. The monoisotopic (exact) mass is 278 g/mol. The average molecular weight is 279 g/mol. The average Bonchev–Trinajstić information content (AvgIpc) is 2.95. The third-order valence-electron chi connectivity index (χ3n) is 4.60. The lowest BCUT2D eigenvalue weighted by atomic mass is 9.98. The van der Waals surface area contributed by atoms with Gasteiger partial charge in [0, 0.05) is 29.7 Å². The third kappa shape index (κ3) is 2.26. The van der Waals surface area contributed by atoms with Crippen molar-refractivity contribution in [2.45, 2.75) is 25.8 Å². The number of likely N-dealkylation sites (tertiary alicyclic amines) is 1. The van der Waals surface area contributed by atoms with Gasteiger partial charge in [-0.15, -0.1) is 0 Å². The summed E-state index contributed by atoms with van der Waals surface area (Å²) in [4.78, 5) is 14.4. The summed E-state index contributed by atoms with van der Waals surface area (Å²) >= 11 is 6.00. The molecule has 1 heterocycles. The van der Waals surface area contributed by atoms with E-state index < -0.39 is 0 Å². The second-order valence-electron chi connectivity index (χ2n) is 5.84. The van der Waals surface area contributed by atoms with E-state index in [1.807, 2.05) is 24.0 Å². The van der Waals surface area contributed by atoms with E-state index in [1.54, 1.807) is 6.07 Å². The van der Waals surface area contributed by atoms with E-state index in [-0.39, 0.29) is 11.9 Å². The summed E-state index contributed by atoms with van der Waals surface area (Å²) in [5, 5.41) is 0.705. The minimum absolute atomic E-state index is 0.112. The molecule has 1 aromatic carbocycles. The second kappa shape index (κ2) is 4.80. The van der Waals surface area contributed by atoms with E-state index in [0.29, 0.717) is 16.9 Å². The van der Waals surface area contributed by atoms with Gasteiger partial charge in [0.2, 0.25) is 0 Å². The topological polar surface area (TPSA) is 46.3 Å². The Balaban J connectivity index is 1.76. The number of hydrogen-bond acceptors (Lipinski definition) is 2. The Morgan fingerprint density at radius 1 is 1.37 bits per heavy atom. The van der Waals surface area contributed by atoms with Crippen molar-refractivity contribution in [3.05, 3.63) is 34.3 Å². The summed E-state index contributed by atoms with van der Waals surface area (Å²) in [7, 11) is 0. The van der Waals surface area contributed by atoms with E-state index in [0.717, 1.165) is 37.1 Å². The van der Waals surface area contributed by atoms with Crippen molar-refractivity contribution in [3.8, 4) is 0 Å². The molecule has 1 aliphatic carbocycles. The van der Waals surface area contributed by atoms with Gasteiger partial charge in [0.05, 0.1) is 0 Å². The number of nitrogens with two attached hydrogens (primary N) is 1.